The molecule has 1 aliphatic rings. The number of fused-ring (bicyclic) bond motifs is 1. The maximum atomic E-state index is 6.10. The van der Waals surface area contributed by atoms with Gasteiger partial charge in [-0.25, -0.2) is 0 Å². The van der Waals surface area contributed by atoms with Crippen molar-refractivity contribution in [3.05, 3.63) is 33.9 Å². The van der Waals surface area contributed by atoms with Gasteiger partial charge < -0.3 is 4.90 Å². The van der Waals surface area contributed by atoms with E-state index in [-0.39, 0.29) is 0 Å². The Hall–Kier alpha value is -0.800. The molecule has 18 heavy (non-hydrogen) atoms. The molecule has 1 aromatic carbocycles. The highest BCUT2D eigenvalue weighted by Crippen LogP contribution is 2.32. The number of nitrogens with zero attached hydrogens (tertiary/aromatic N) is 2. The lowest BCUT2D eigenvalue weighted by Crippen LogP contribution is -2.29. The molecule has 0 aliphatic carbocycles. The first kappa shape index (κ1) is 12.2. The Morgan fingerprint density at radius 2 is 1.94 bits per heavy atom. The van der Waals surface area contributed by atoms with Gasteiger partial charge in [0.1, 0.15) is 0 Å². The second kappa shape index (κ2) is 5.06. The molecule has 94 valence electrons. The minimum Gasteiger partial charge on any atom is -0.372 e. The average Bonchev–Trinajstić information content (AvgIpc) is 2.44. The summed E-state index contributed by atoms with van der Waals surface area (Å²) in [5.74, 6) is 0. The van der Waals surface area contributed by atoms with Gasteiger partial charge in [0.2, 0.25) is 0 Å². The molecule has 0 bridgehead atoms. The van der Waals surface area contributed by atoms with E-state index in [4.69, 9.17) is 11.6 Å². The SMILES string of the molecule is Clc1cnc2ccc(N3CCCCC3)cc2c1Br. The second-order valence-electron chi connectivity index (χ2n) is 4.67. The van der Waals surface area contributed by atoms with Crippen molar-refractivity contribution in [3.8, 4) is 0 Å². The third-order valence-electron chi connectivity index (χ3n) is 3.46. The molecule has 1 fully saturated rings. The van der Waals surface area contributed by atoms with Crippen LogP contribution in [0.1, 0.15) is 19.3 Å². The summed E-state index contributed by atoms with van der Waals surface area (Å²) in [4.78, 5) is 6.79. The van der Waals surface area contributed by atoms with Crippen LogP contribution in [-0.4, -0.2) is 18.1 Å². The molecule has 0 atom stereocenters. The summed E-state index contributed by atoms with van der Waals surface area (Å²) < 4.78 is 0.938. The van der Waals surface area contributed by atoms with Gasteiger partial charge in [-0.3, -0.25) is 4.98 Å². The molecule has 4 heteroatoms. The minimum absolute atomic E-state index is 0.665. The minimum atomic E-state index is 0.665. The van der Waals surface area contributed by atoms with Gasteiger partial charge in [0.05, 0.1) is 10.5 Å². The van der Waals surface area contributed by atoms with E-state index >= 15 is 0 Å². The number of benzene rings is 1. The van der Waals surface area contributed by atoms with Crippen molar-refractivity contribution in [3.63, 3.8) is 0 Å². The van der Waals surface area contributed by atoms with Crippen molar-refractivity contribution in [2.45, 2.75) is 19.3 Å². The molecule has 0 saturated carbocycles. The fourth-order valence-electron chi connectivity index (χ4n) is 2.47. The van der Waals surface area contributed by atoms with Crippen LogP contribution in [-0.2, 0) is 0 Å². The fraction of sp³-hybridized carbons (Fsp3) is 0.357. The molecule has 2 nitrogen and oxygen atoms in total. The molecule has 0 unspecified atom stereocenters. The van der Waals surface area contributed by atoms with E-state index in [9.17, 15) is 0 Å². The fourth-order valence-corrected chi connectivity index (χ4v) is 3.04. The van der Waals surface area contributed by atoms with E-state index in [1.165, 1.54) is 24.9 Å². The molecule has 1 aliphatic heterocycles. The lowest BCUT2D eigenvalue weighted by Gasteiger charge is -2.29. The Bertz CT molecular complexity index is 579. The largest absolute Gasteiger partial charge is 0.372 e. The van der Waals surface area contributed by atoms with Gasteiger partial charge in [0.15, 0.2) is 0 Å². The first-order valence-corrected chi connectivity index (χ1v) is 7.41. The first-order chi connectivity index (χ1) is 8.75. The van der Waals surface area contributed by atoms with Crippen molar-refractivity contribution >= 4 is 44.1 Å². The zero-order chi connectivity index (χ0) is 12.5. The van der Waals surface area contributed by atoms with Crippen LogP contribution in [0.4, 0.5) is 5.69 Å². The van der Waals surface area contributed by atoms with Crippen molar-refractivity contribution in [2.75, 3.05) is 18.0 Å². The Morgan fingerprint density at radius 1 is 1.17 bits per heavy atom. The number of hydrogen-bond donors (Lipinski definition) is 0. The molecule has 1 aromatic heterocycles. The molecular formula is C14H14BrClN2. The Kier molecular flexibility index (Phi) is 3.44. The van der Waals surface area contributed by atoms with E-state index in [2.05, 4.69) is 44.0 Å². The highest BCUT2D eigenvalue weighted by Gasteiger charge is 2.12. The number of hydrogen-bond acceptors (Lipinski definition) is 2. The highest BCUT2D eigenvalue weighted by atomic mass is 79.9. The smallest absolute Gasteiger partial charge is 0.0737 e. The molecule has 0 N–H and O–H groups in total. The summed E-state index contributed by atoms with van der Waals surface area (Å²) >= 11 is 9.65. The monoisotopic (exact) mass is 324 g/mol. The number of piperidine rings is 1. The van der Waals surface area contributed by atoms with E-state index in [0.29, 0.717) is 5.02 Å². The van der Waals surface area contributed by atoms with Crippen LogP contribution in [0.2, 0.25) is 5.02 Å². The van der Waals surface area contributed by atoms with Gasteiger partial charge in [-0.1, -0.05) is 11.6 Å². The zero-order valence-corrected chi connectivity index (χ0v) is 12.3. The number of pyridine rings is 1. The lowest BCUT2D eigenvalue weighted by atomic mass is 10.1. The zero-order valence-electron chi connectivity index (χ0n) is 10.00. The Morgan fingerprint density at radius 3 is 2.72 bits per heavy atom. The van der Waals surface area contributed by atoms with Crippen LogP contribution in [0, 0.1) is 0 Å². The van der Waals surface area contributed by atoms with Gasteiger partial charge in [0, 0.05) is 34.8 Å². The molecule has 0 spiro atoms. The predicted octanol–water partition coefficient (Wildman–Crippen LogP) is 4.64. The number of halogens is 2. The summed E-state index contributed by atoms with van der Waals surface area (Å²) in [7, 11) is 0. The first-order valence-electron chi connectivity index (χ1n) is 6.24. The van der Waals surface area contributed by atoms with Crippen molar-refractivity contribution in [2.24, 2.45) is 0 Å². The van der Waals surface area contributed by atoms with Gasteiger partial charge in [-0.15, -0.1) is 0 Å². The third-order valence-corrected chi connectivity index (χ3v) is 4.83. The van der Waals surface area contributed by atoms with Crippen molar-refractivity contribution in [1.29, 1.82) is 0 Å². The molecule has 2 heterocycles. The van der Waals surface area contributed by atoms with E-state index in [1.807, 2.05) is 0 Å². The standard InChI is InChI=1S/C14H14BrClN2/c15-14-11-8-10(18-6-2-1-3-7-18)4-5-13(11)17-9-12(14)16/h4-5,8-9H,1-3,6-7H2. The Balaban J connectivity index is 2.06. The van der Waals surface area contributed by atoms with Crippen molar-refractivity contribution in [1.82, 2.24) is 4.98 Å². The quantitative estimate of drug-likeness (QED) is 0.759. The van der Waals surface area contributed by atoms with E-state index in [1.54, 1.807) is 6.20 Å². The van der Waals surface area contributed by atoms with Gasteiger partial charge in [-0.05, 0) is 53.4 Å². The molecule has 0 amide bonds. The van der Waals surface area contributed by atoms with Crippen LogP contribution in [0.15, 0.2) is 28.9 Å². The lowest BCUT2D eigenvalue weighted by molar-refractivity contribution is 0.578. The van der Waals surface area contributed by atoms with Gasteiger partial charge in [-0.2, -0.15) is 0 Å². The summed E-state index contributed by atoms with van der Waals surface area (Å²) in [6.07, 6.45) is 5.61. The average molecular weight is 326 g/mol. The van der Waals surface area contributed by atoms with Crippen LogP contribution in [0.5, 0.6) is 0 Å². The molecule has 3 rings (SSSR count). The van der Waals surface area contributed by atoms with E-state index < -0.39 is 0 Å². The van der Waals surface area contributed by atoms with Gasteiger partial charge in [0.25, 0.3) is 0 Å². The maximum absolute atomic E-state index is 6.10. The normalized spacial score (nSPS) is 16.2. The maximum Gasteiger partial charge on any atom is 0.0737 e. The summed E-state index contributed by atoms with van der Waals surface area (Å²) in [6, 6.07) is 6.41. The van der Waals surface area contributed by atoms with Gasteiger partial charge >= 0.3 is 0 Å². The molecule has 1 saturated heterocycles. The van der Waals surface area contributed by atoms with E-state index in [0.717, 1.165) is 28.5 Å². The Labute approximate surface area is 120 Å². The summed E-state index contributed by atoms with van der Waals surface area (Å²) in [5.41, 5.74) is 2.25. The number of aromatic nitrogens is 1. The molecule has 2 aromatic rings. The number of rotatable bonds is 1. The summed E-state index contributed by atoms with van der Waals surface area (Å²) in [6.45, 7) is 2.30. The third kappa shape index (κ3) is 2.21. The topological polar surface area (TPSA) is 16.1 Å². The summed E-state index contributed by atoms with van der Waals surface area (Å²) in [5, 5.41) is 1.75. The predicted molar refractivity (Wildman–Crippen MR) is 80.5 cm³/mol. The molecular weight excluding hydrogens is 312 g/mol. The van der Waals surface area contributed by atoms with Crippen LogP contribution in [0.25, 0.3) is 10.9 Å². The molecule has 0 radical (unpaired) electrons. The highest BCUT2D eigenvalue weighted by molar-refractivity contribution is 9.10. The van der Waals surface area contributed by atoms with Crippen LogP contribution in [0.3, 0.4) is 0 Å². The number of anilines is 1. The van der Waals surface area contributed by atoms with Crippen LogP contribution < -0.4 is 4.90 Å². The van der Waals surface area contributed by atoms with Crippen LogP contribution >= 0.6 is 27.5 Å². The second-order valence-corrected chi connectivity index (χ2v) is 5.87. The van der Waals surface area contributed by atoms with Crippen molar-refractivity contribution < 1.29 is 0 Å².